The minimum atomic E-state index is -1.01. The molecule has 0 radical (unpaired) electrons. The minimum absolute atomic E-state index is 0.226. The fourth-order valence-electron chi connectivity index (χ4n) is 2.21. The average molecular weight is 457 g/mol. The Morgan fingerprint density at radius 1 is 0.867 bits per heavy atom. The van der Waals surface area contributed by atoms with Gasteiger partial charge in [0.25, 0.3) is 0 Å². The second-order valence-corrected chi connectivity index (χ2v) is 21.2. The lowest BCUT2D eigenvalue weighted by Gasteiger charge is -2.15. The van der Waals surface area contributed by atoms with Gasteiger partial charge in [-0.1, -0.05) is 39.3 Å². The molecule has 0 amide bonds. The molecule has 172 valence electrons. The van der Waals surface area contributed by atoms with E-state index in [-0.39, 0.29) is 11.5 Å². The van der Waals surface area contributed by atoms with Crippen LogP contribution in [0.15, 0.2) is 12.4 Å². The Bertz CT molecular complexity index is 744. The first-order valence-electron chi connectivity index (χ1n) is 10.4. The lowest BCUT2D eigenvalue weighted by atomic mass is 10.4. The van der Waals surface area contributed by atoms with Crippen LogP contribution >= 0.6 is 0 Å². The van der Waals surface area contributed by atoms with Crippen LogP contribution in [-0.4, -0.2) is 59.1 Å². The summed E-state index contributed by atoms with van der Waals surface area (Å²) in [6, 6.07) is 2.30. The number of rotatable bonds is 10. The topological polar surface area (TPSA) is 94.6 Å². The average Bonchev–Trinajstić information content (AvgIpc) is 3.10. The first kappa shape index (κ1) is 26.4. The molecule has 30 heavy (non-hydrogen) atoms. The summed E-state index contributed by atoms with van der Waals surface area (Å²) in [6.45, 7) is 19.9. The zero-order valence-corrected chi connectivity index (χ0v) is 21.9. The summed E-state index contributed by atoms with van der Waals surface area (Å²) >= 11 is 0. The van der Waals surface area contributed by atoms with Gasteiger partial charge in [0.2, 0.25) is 0 Å². The van der Waals surface area contributed by atoms with Crippen molar-refractivity contribution in [3.63, 3.8) is 0 Å². The largest absolute Gasteiger partial charge is 0.504 e. The molecule has 0 atom stereocenters. The van der Waals surface area contributed by atoms with Crippen LogP contribution in [0.1, 0.15) is 11.4 Å². The van der Waals surface area contributed by atoms with Gasteiger partial charge >= 0.3 is 0 Å². The highest BCUT2D eigenvalue weighted by molar-refractivity contribution is 6.76. The van der Waals surface area contributed by atoms with Crippen LogP contribution in [-0.2, 0) is 22.9 Å². The second kappa shape index (κ2) is 11.7. The van der Waals surface area contributed by atoms with Crippen LogP contribution in [0.5, 0.6) is 11.5 Å². The van der Waals surface area contributed by atoms with Gasteiger partial charge in [-0.25, -0.2) is 9.36 Å². The summed E-state index contributed by atoms with van der Waals surface area (Å²) < 4.78 is 14.3. The second-order valence-electron chi connectivity index (χ2n) is 9.95. The molecule has 0 spiro atoms. The summed E-state index contributed by atoms with van der Waals surface area (Å²) in [5.74, 6) is 0.451. The molecule has 0 saturated carbocycles. The third-order valence-electron chi connectivity index (χ3n) is 4.43. The standard InChI is InChI=1S/2C10H20N2O2Si/c1-9-10(13)7-12(11-9)8-14-5-6-15(2,3)4;1-9-10(13)7-11-12(9)8-14-5-6-15(2,3)4/h2*7,13H,5-6,8H2,1-4H3. The molecule has 0 aliphatic rings. The van der Waals surface area contributed by atoms with Gasteiger partial charge in [-0.05, 0) is 25.9 Å². The Morgan fingerprint density at radius 3 is 1.80 bits per heavy atom. The van der Waals surface area contributed by atoms with Gasteiger partial charge in [0.1, 0.15) is 19.2 Å². The van der Waals surface area contributed by atoms with Crippen LogP contribution in [0.2, 0.25) is 51.4 Å². The van der Waals surface area contributed by atoms with Gasteiger partial charge in [0.15, 0.2) is 11.5 Å². The molecule has 2 heterocycles. The lowest BCUT2D eigenvalue weighted by Crippen LogP contribution is -2.22. The first-order valence-corrected chi connectivity index (χ1v) is 17.8. The maximum Gasteiger partial charge on any atom is 0.156 e. The number of hydrogen-bond donors (Lipinski definition) is 2. The quantitative estimate of drug-likeness (QED) is 0.406. The number of nitrogens with zero attached hydrogens (tertiary/aromatic N) is 4. The predicted molar refractivity (Wildman–Crippen MR) is 125 cm³/mol. The highest BCUT2D eigenvalue weighted by atomic mass is 28.3. The van der Waals surface area contributed by atoms with Gasteiger partial charge < -0.3 is 19.7 Å². The summed E-state index contributed by atoms with van der Waals surface area (Å²) in [5.41, 5.74) is 1.40. The molecule has 2 aromatic heterocycles. The predicted octanol–water partition coefficient (Wildman–Crippen LogP) is 4.42. The SMILES string of the molecule is Cc1c(O)cnn1COCC[Si](C)(C)C.Cc1nn(COCC[Si](C)(C)C)cc1O. The molecule has 2 aromatic rings. The van der Waals surface area contributed by atoms with Crippen LogP contribution in [0.3, 0.4) is 0 Å². The van der Waals surface area contributed by atoms with E-state index in [0.29, 0.717) is 19.2 Å². The monoisotopic (exact) mass is 456 g/mol. The number of ether oxygens (including phenoxy) is 2. The van der Waals surface area contributed by atoms with Gasteiger partial charge in [0.05, 0.1) is 18.1 Å². The van der Waals surface area contributed by atoms with E-state index in [0.717, 1.165) is 31.0 Å². The molecule has 0 fully saturated rings. The van der Waals surface area contributed by atoms with Crippen molar-refractivity contribution < 1.29 is 19.7 Å². The van der Waals surface area contributed by atoms with E-state index in [9.17, 15) is 10.2 Å². The van der Waals surface area contributed by atoms with E-state index < -0.39 is 16.1 Å². The Morgan fingerprint density at radius 2 is 1.40 bits per heavy atom. The molecule has 0 aromatic carbocycles. The maximum absolute atomic E-state index is 9.29. The Kier molecular flexibility index (Phi) is 10.3. The zero-order valence-electron chi connectivity index (χ0n) is 19.9. The molecule has 0 bridgehead atoms. The van der Waals surface area contributed by atoms with Crippen molar-refractivity contribution in [2.75, 3.05) is 13.2 Å². The Balaban J connectivity index is 0.000000300. The summed E-state index contributed by atoms with van der Waals surface area (Å²) in [7, 11) is -2.01. The van der Waals surface area contributed by atoms with E-state index in [1.807, 2.05) is 6.92 Å². The lowest BCUT2D eigenvalue weighted by molar-refractivity contribution is 0.0769. The van der Waals surface area contributed by atoms with E-state index in [1.54, 1.807) is 22.5 Å². The fraction of sp³-hybridized carbons (Fsp3) is 0.700. The fourth-order valence-corrected chi connectivity index (χ4v) is 3.72. The van der Waals surface area contributed by atoms with Crippen molar-refractivity contribution >= 4 is 16.1 Å². The maximum atomic E-state index is 9.29. The molecular weight excluding hydrogens is 416 g/mol. The third kappa shape index (κ3) is 11.0. The van der Waals surface area contributed by atoms with E-state index in [1.165, 1.54) is 6.20 Å². The van der Waals surface area contributed by atoms with Crippen molar-refractivity contribution in [2.45, 2.75) is 78.7 Å². The molecule has 0 saturated heterocycles. The summed E-state index contributed by atoms with van der Waals surface area (Å²) in [6.07, 6.45) is 3.03. The van der Waals surface area contributed by atoms with Gasteiger partial charge in [0, 0.05) is 29.4 Å². The zero-order chi connectivity index (χ0) is 22.9. The molecule has 8 nitrogen and oxygen atoms in total. The minimum Gasteiger partial charge on any atom is -0.504 e. The third-order valence-corrected chi connectivity index (χ3v) is 7.84. The first-order chi connectivity index (χ1) is 13.8. The van der Waals surface area contributed by atoms with E-state index in [4.69, 9.17) is 9.47 Å². The molecule has 0 aliphatic heterocycles. The molecule has 2 rings (SSSR count). The van der Waals surface area contributed by atoms with E-state index in [2.05, 4.69) is 49.5 Å². The molecular formula is C20H40N4O4Si2. The van der Waals surface area contributed by atoms with Crippen molar-refractivity contribution in [3.05, 3.63) is 23.8 Å². The van der Waals surface area contributed by atoms with Crippen LogP contribution in [0, 0.1) is 13.8 Å². The van der Waals surface area contributed by atoms with Crippen molar-refractivity contribution in [3.8, 4) is 11.5 Å². The summed E-state index contributed by atoms with van der Waals surface area (Å²) in [4.78, 5) is 0. The molecule has 2 N–H and O–H groups in total. The number of hydrogen-bond acceptors (Lipinski definition) is 6. The number of aryl methyl sites for hydroxylation is 1. The summed E-state index contributed by atoms with van der Waals surface area (Å²) in [5, 5.41) is 26.7. The number of aromatic nitrogens is 4. The Labute approximate surface area is 182 Å². The van der Waals surface area contributed by atoms with Gasteiger partial charge in [-0.2, -0.15) is 10.2 Å². The van der Waals surface area contributed by atoms with Crippen LogP contribution in [0.4, 0.5) is 0 Å². The molecule has 0 aliphatic carbocycles. The Hall–Kier alpha value is -1.63. The van der Waals surface area contributed by atoms with Crippen molar-refractivity contribution in [1.82, 2.24) is 19.6 Å². The highest BCUT2D eigenvalue weighted by Crippen LogP contribution is 2.14. The molecule has 0 unspecified atom stereocenters. The normalized spacial score (nSPS) is 12.0. The number of aromatic hydroxyl groups is 2. The van der Waals surface area contributed by atoms with Gasteiger partial charge in [-0.15, -0.1) is 0 Å². The van der Waals surface area contributed by atoms with Gasteiger partial charge in [-0.3, -0.25) is 0 Å². The van der Waals surface area contributed by atoms with Crippen molar-refractivity contribution in [1.29, 1.82) is 0 Å². The van der Waals surface area contributed by atoms with Crippen molar-refractivity contribution in [2.24, 2.45) is 0 Å². The van der Waals surface area contributed by atoms with Crippen LogP contribution in [0.25, 0.3) is 0 Å². The van der Waals surface area contributed by atoms with Crippen LogP contribution < -0.4 is 0 Å². The van der Waals surface area contributed by atoms with E-state index >= 15 is 0 Å². The smallest absolute Gasteiger partial charge is 0.156 e. The molecule has 10 heteroatoms. The highest BCUT2D eigenvalue weighted by Gasteiger charge is 2.13.